The molecule has 0 radical (unpaired) electrons. The number of halogens is 2. The summed E-state index contributed by atoms with van der Waals surface area (Å²) in [4.78, 5) is 8.48. The number of rotatable bonds is 5. The van der Waals surface area contributed by atoms with E-state index in [1.807, 2.05) is 37.4 Å². The van der Waals surface area contributed by atoms with E-state index >= 15 is 0 Å². The number of hydrogen-bond donors (Lipinski definition) is 2. The first-order valence-electron chi connectivity index (χ1n) is 8.65. The minimum absolute atomic E-state index is 0.200. The van der Waals surface area contributed by atoms with Crippen molar-refractivity contribution >= 4 is 22.7 Å². The summed E-state index contributed by atoms with van der Waals surface area (Å²) in [6.07, 6.45) is 6.97. The zero-order chi connectivity index (χ0) is 19.6. The molecule has 0 unspecified atom stereocenters. The quantitative estimate of drug-likeness (QED) is 0.785. The predicted molar refractivity (Wildman–Crippen MR) is 103 cm³/mol. The molecule has 0 aliphatic carbocycles. The number of aromatic nitrogens is 3. The lowest BCUT2D eigenvalue weighted by Crippen LogP contribution is -2.22. The molecule has 1 atom stereocenters. The van der Waals surface area contributed by atoms with Gasteiger partial charge in [-0.2, -0.15) is 0 Å². The van der Waals surface area contributed by atoms with Crippen molar-refractivity contribution in [2.24, 2.45) is 16.6 Å². The maximum absolute atomic E-state index is 12.7. The Kier molecular flexibility index (Phi) is 5.34. The standard InChI is InChI=1S/C19H22F2N6/c1-3-12(14-6-7-27-17(14)10-24-19(23)26-27)4-5-16-15(22)8-13(9-18(20)21)11(2)25-16/h3-7,10,13,18H,8-9,22H2,1-2H3,(H2,23,26)/b5-4-,12-3+/t13-/m1/s1. The van der Waals surface area contributed by atoms with Crippen LogP contribution in [0, 0.1) is 5.92 Å². The molecule has 27 heavy (non-hydrogen) atoms. The van der Waals surface area contributed by atoms with E-state index in [0.717, 1.165) is 16.7 Å². The van der Waals surface area contributed by atoms with Crippen LogP contribution in [0.1, 0.15) is 32.3 Å². The molecule has 0 bridgehead atoms. The molecule has 3 heterocycles. The van der Waals surface area contributed by atoms with Gasteiger partial charge >= 0.3 is 0 Å². The normalized spacial score (nSPS) is 18.8. The van der Waals surface area contributed by atoms with Crippen LogP contribution in [0.5, 0.6) is 0 Å². The molecule has 0 saturated carbocycles. The lowest BCUT2D eigenvalue weighted by atomic mass is 9.91. The van der Waals surface area contributed by atoms with Gasteiger partial charge in [0.15, 0.2) is 0 Å². The van der Waals surface area contributed by atoms with Crippen LogP contribution in [0.4, 0.5) is 14.7 Å². The van der Waals surface area contributed by atoms with E-state index in [9.17, 15) is 8.78 Å². The number of allylic oxidation sites excluding steroid dienone is 5. The molecule has 0 amide bonds. The molecule has 0 fully saturated rings. The van der Waals surface area contributed by atoms with Crippen molar-refractivity contribution in [3.8, 4) is 0 Å². The third-order valence-electron chi connectivity index (χ3n) is 4.62. The van der Waals surface area contributed by atoms with Crippen LogP contribution in [0.15, 0.2) is 53.1 Å². The fourth-order valence-corrected chi connectivity index (χ4v) is 3.15. The summed E-state index contributed by atoms with van der Waals surface area (Å²) in [6.45, 7) is 3.69. The lowest BCUT2D eigenvalue weighted by Gasteiger charge is -2.22. The second-order valence-electron chi connectivity index (χ2n) is 6.44. The highest BCUT2D eigenvalue weighted by Crippen LogP contribution is 2.28. The van der Waals surface area contributed by atoms with Crippen LogP contribution in [0.3, 0.4) is 0 Å². The number of fused-ring (bicyclic) bond motifs is 1. The number of nitrogen functional groups attached to an aromatic ring is 1. The van der Waals surface area contributed by atoms with Crippen molar-refractivity contribution in [2.45, 2.75) is 33.1 Å². The maximum atomic E-state index is 12.7. The van der Waals surface area contributed by atoms with E-state index in [-0.39, 0.29) is 18.3 Å². The van der Waals surface area contributed by atoms with Gasteiger partial charge in [0, 0.05) is 35.5 Å². The highest BCUT2D eigenvalue weighted by molar-refractivity contribution is 5.87. The summed E-state index contributed by atoms with van der Waals surface area (Å²) in [7, 11) is 0. The Morgan fingerprint density at radius 2 is 2.19 bits per heavy atom. The molecule has 8 heteroatoms. The highest BCUT2D eigenvalue weighted by atomic mass is 19.3. The SMILES string of the molecule is C/C=C(\C=C/C1=C(N)C[C@H](CC(F)F)C(C)=N1)c1ccn2nc(N)ncc12. The van der Waals surface area contributed by atoms with Crippen LogP contribution in [-0.2, 0) is 0 Å². The number of aliphatic imine (C=N–C) groups is 1. The first-order chi connectivity index (χ1) is 12.9. The van der Waals surface area contributed by atoms with E-state index in [0.29, 0.717) is 23.5 Å². The fourth-order valence-electron chi connectivity index (χ4n) is 3.15. The van der Waals surface area contributed by atoms with Crippen LogP contribution < -0.4 is 11.5 Å². The zero-order valence-electron chi connectivity index (χ0n) is 15.2. The first kappa shape index (κ1) is 18.8. The Labute approximate surface area is 156 Å². The summed E-state index contributed by atoms with van der Waals surface area (Å²) in [5, 5.41) is 4.14. The number of nitrogens with two attached hydrogens (primary N) is 2. The van der Waals surface area contributed by atoms with Crippen molar-refractivity contribution in [3.63, 3.8) is 0 Å². The predicted octanol–water partition coefficient (Wildman–Crippen LogP) is 3.58. The average molecular weight is 372 g/mol. The third kappa shape index (κ3) is 4.05. The average Bonchev–Trinajstić information content (AvgIpc) is 3.02. The van der Waals surface area contributed by atoms with Crippen LogP contribution in [0.25, 0.3) is 11.1 Å². The van der Waals surface area contributed by atoms with Gasteiger partial charge in [-0.25, -0.2) is 18.3 Å². The molecule has 2 aromatic heterocycles. The number of hydrogen-bond acceptors (Lipinski definition) is 5. The lowest BCUT2D eigenvalue weighted by molar-refractivity contribution is 0.125. The fraction of sp³-hybridized carbons (Fsp3) is 0.316. The smallest absolute Gasteiger partial charge is 0.239 e. The molecule has 1 aliphatic heterocycles. The molecule has 6 nitrogen and oxygen atoms in total. The largest absolute Gasteiger partial charge is 0.400 e. The Morgan fingerprint density at radius 3 is 2.89 bits per heavy atom. The van der Waals surface area contributed by atoms with E-state index in [1.54, 1.807) is 17.6 Å². The molecule has 142 valence electrons. The van der Waals surface area contributed by atoms with Gasteiger partial charge in [0.05, 0.1) is 17.4 Å². The van der Waals surface area contributed by atoms with Gasteiger partial charge in [-0.05, 0) is 38.0 Å². The Hall–Kier alpha value is -3.03. The van der Waals surface area contributed by atoms with E-state index in [1.165, 1.54) is 0 Å². The molecule has 0 saturated heterocycles. The van der Waals surface area contributed by atoms with Gasteiger partial charge in [-0.1, -0.05) is 12.2 Å². The molecule has 2 aromatic rings. The minimum Gasteiger partial charge on any atom is -0.400 e. The summed E-state index contributed by atoms with van der Waals surface area (Å²) < 4.78 is 27.0. The molecule has 0 spiro atoms. The van der Waals surface area contributed by atoms with Gasteiger partial charge < -0.3 is 11.5 Å². The van der Waals surface area contributed by atoms with Crippen LogP contribution in [0.2, 0.25) is 0 Å². The van der Waals surface area contributed by atoms with Crippen molar-refractivity contribution in [1.82, 2.24) is 14.6 Å². The molecule has 1 aliphatic rings. The van der Waals surface area contributed by atoms with Crippen LogP contribution in [-0.4, -0.2) is 26.7 Å². The van der Waals surface area contributed by atoms with E-state index in [4.69, 9.17) is 11.5 Å². The Bertz CT molecular complexity index is 968. The Morgan fingerprint density at radius 1 is 1.41 bits per heavy atom. The highest BCUT2D eigenvalue weighted by Gasteiger charge is 2.23. The summed E-state index contributed by atoms with van der Waals surface area (Å²) >= 11 is 0. The molecule has 3 rings (SSSR count). The third-order valence-corrected chi connectivity index (χ3v) is 4.62. The van der Waals surface area contributed by atoms with Crippen molar-refractivity contribution in [3.05, 3.63) is 53.6 Å². The van der Waals surface area contributed by atoms with Crippen molar-refractivity contribution in [1.29, 1.82) is 0 Å². The summed E-state index contributed by atoms with van der Waals surface area (Å²) in [5.74, 6) is -0.105. The number of alkyl halides is 2. The van der Waals surface area contributed by atoms with Gasteiger partial charge in [0.2, 0.25) is 12.4 Å². The first-order valence-corrected chi connectivity index (χ1v) is 8.65. The molecular formula is C19H22F2N6. The van der Waals surface area contributed by atoms with Gasteiger partial charge in [-0.15, -0.1) is 5.10 Å². The van der Waals surface area contributed by atoms with E-state index < -0.39 is 6.43 Å². The molecule has 0 aromatic carbocycles. The number of anilines is 1. The van der Waals surface area contributed by atoms with Crippen molar-refractivity contribution < 1.29 is 8.78 Å². The van der Waals surface area contributed by atoms with Gasteiger partial charge in [-0.3, -0.25) is 4.99 Å². The minimum atomic E-state index is -2.36. The van der Waals surface area contributed by atoms with E-state index in [2.05, 4.69) is 15.1 Å². The van der Waals surface area contributed by atoms with Crippen molar-refractivity contribution in [2.75, 3.05) is 5.73 Å². The van der Waals surface area contributed by atoms with Crippen LogP contribution >= 0.6 is 0 Å². The Balaban J connectivity index is 1.85. The second-order valence-corrected chi connectivity index (χ2v) is 6.44. The zero-order valence-corrected chi connectivity index (χ0v) is 15.2. The number of nitrogens with zero attached hydrogens (tertiary/aromatic N) is 4. The molecular weight excluding hydrogens is 350 g/mol. The second kappa shape index (κ2) is 7.69. The molecule has 4 N–H and O–H groups in total. The maximum Gasteiger partial charge on any atom is 0.239 e. The topological polar surface area (TPSA) is 94.6 Å². The van der Waals surface area contributed by atoms with Gasteiger partial charge in [0.1, 0.15) is 0 Å². The summed E-state index contributed by atoms with van der Waals surface area (Å²) in [6, 6.07) is 1.93. The summed E-state index contributed by atoms with van der Waals surface area (Å²) in [5.41, 5.74) is 16.2. The van der Waals surface area contributed by atoms with Gasteiger partial charge in [0.25, 0.3) is 0 Å². The monoisotopic (exact) mass is 372 g/mol.